The SMILES string of the molecule is CNC(=S)C1COC(=O)N1c1ccc(N2CCOC2=O)cc1. The van der Waals surface area contributed by atoms with E-state index in [-0.39, 0.29) is 18.7 Å². The van der Waals surface area contributed by atoms with Crippen molar-refractivity contribution in [1.82, 2.24) is 5.32 Å². The highest BCUT2D eigenvalue weighted by molar-refractivity contribution is 7.80. The van der Waals surface area contributed by atoms with Crippen molar-refractivity contribution in [2.45, 2.75) is 6.04 Å². The Bertz CT molecular complexity index is 619. The van der Waals surface area contributed by atoms with Crippen LogP contribution in [0.4, 0.5) is 21.0 Å². The molecule has 1 aromatic rings. The molecule has 0 aromatic heterocycles. The van der Waals surface area contributed by atoms with Gasteiger partial charge in [0.25, 0.3) is 0 Å². The number of thiocarbonyl (C=S) groups is 1. The molecule has 2 heterocycles. The monoisotopic (exact) mass is 321 g/mol. The lowest BCUT2D eigenvalue weighted by Crippen LogP contribution is -2.43. The summed E-state index contributed by atoms with van der Waals surface area (Å²) in [6.45, 7) is 1.13. The van der Waals surface area contributed by atoms with E-state index in [4.69, 9.17) is 21.7 Å². The summed E-state index contributed by atoms with van der Waals surface area (Å²) in [4.78, 5) is 27.1. The molecule has 22 heavy (non-hydrogen) atoms. The minimum Gasteiger partial charge on any atom is -0.447 e. The van der Waals surface area contributed by atoms with Crippen molar-refractivity contribution in [1.29, 1.82) is 0 Å². The van der Waals surface area contributed by atoms with Crippen LogP contribution in [0.2, 0.25) is 0 Å². The third-order valence-electron chi connectivity index (χ3n) is 3.62. The fourth-order valence-corrected chi connectivity index (χ4v) is 2.66. The maximum absolute atomic E-state index is 11.9. The van der Waals surface area contributed by atoms with Gasteiger partial charge in [0.05, 0.1) is 6.54 Å². The number of carbonyl (C=O) groups excluding carboxylic acids is 2. The summed E-state index contributed by atoms with van der Waals surface area (Å²) in [6, 6.07) is 6.74. The number of nitrogens with one attached hydrogen (secondary N) is 1. The molecular formula is C14H15N3O4S. The van der Waals surface area contributed by atoms with Gasteiger partial charge < -0.3 is 14.8 Å². The number of amides is 2. The Kier molecular flexibility index (Phi) is 3.84. The third-order valence-corrected chi connectivity index (χ3v) is 4.10. The number of hydrogen-bond acceptors (Lipinski definition) is 5. The molecule has 116 valence electrons. The van der Waals surface area contributed by atoms with Crippen LogP contribution in [0, 0.1) is 0 Å². The molecule has 0 aliphatic carbocycles. The van der Waals surface area contributed by atoms with Gasteiger partial charge in [-0.25, -0.2) is 9.59 Å². The summed E-state index contributed by atoms with van der Waals surface area (Å²) in [7, 11) is 1.71. The van der Waals surface area contributed by atoms with Crippen LogP contribution in [0.25, 0.3) is 0 Å². The Morgan fingerprint density at radius 2 is 1.86 bits per heavy atom. The first-order chi connectivity index (χ1) is 10.6. The maximum Gasteiger partial charge on any atom is 0.415 e. The second kappa shape index (κ2) is 5.80. The molecule has 0 spiro atoms. The van der Waals surface area contributed by atoms with Crippen molar-refractivity contribution in [3.63, 3.8) is 0 Å². The minimum absolute atomic E-state index is 0.221. The zero-order chi connectivity index (χ0) is 15.7. The first-order valence-electron chi connectivity index (χ1n) is 6.84. The number of ether oxygens (including phenoxy) is 2. The van der Waals surface area contributed by atoms with Crippen LogP contribution < -0.4 is 15.1 Å². The van der Waals surface area contributed by atoms with Gasteiger partial charge in [-0.3, -0.25) is 9.80 Å². The van der Waals surface area contributed by atoms with E-state index in [1.54, 1.807) is 36.2 Å². The molecule has 0 saturated carbocycles. The molecule has 1 unspecified atom stereocenters. The molecule has 2 amide bonds. The van der Waals surface area contributed by atoms with Gasteiger partial charge in [-0.05, 0) is 24.3 Å². The highest BCUT2D eigenvalue weighted by atomic mass is 32.1. The predicted octanol–water partition coefficient (Wildman–Crippen LogP) is 1.52. The molecule has 2 fully saturated rings. The number of nitrogens with zero attached hydrogens (tertiary/aromatic N) is 2. The predicted molar refractivity (Wildman–Crippen MR) is 84.4 cm³/mol. The molecule has 1 atom stereocenters. The van der Waals surface area contributed by atoms with Crippen molar-refractivity contribution in [2.75, 3.05) is 36.6 Å². The number of rotatable bonds is 3. The molecular weight excluding hydrogens is 306 g/mol. The summed E-state index contributed by atoms with van der Waals surface area (Å²) in [5, 5.41) is 2.88. The smallest absolute Gasteiger partial charge is 0.415 e. The zero-order valence-corrected chi connectivity index (χ0v) is 12.8. The van der Waals surface area contributed by atoms with Gasteiger partial charge in [0.1, 0.15) is 24.2 Å². The standard InChI is InChI=1S/C14H15N3O4S/c1-15-12(22)11-8-21-14(19)17(11)10-4-2-9(3-5-10)16-6-7-20-13(16)18/h2-5,11H,6-8H2,1H3,(H,15,22). The number of likely N-dealkylation sites (N-methyl/N-ethyl adjacent to an activating group) is 1. The number of cyclic esters (lactones) is 2. The topological polar surface area (TPSA) is 71.1 Å². The second-order valence-electron chi connectivity index (χ2n) is 4.86. The molecule has 2 aliphatic heterocycles. The van der Waals surface area contributed by atoms with Crippen molar-refractivity contribution >= 4 is 40.8 Å². The van der Waals surface area contributed by atoms with Crippen LogP contribution in [0.1, 0.15) is 0 Å². The van der Waals surface area contributed by atoms with Gasteiger partial charge in [-0.2, -0.15) is 0 Å². The first-order valence-corrected chi connectivity index (χ1v) is 7.24. The highest BCUT2D eigenvalue weighted by Gasteiger charge is 2.36. The normalized spacial score (nSPS) is 20.9. The van der Waals surface area contributed by atoms with Gasteiger partial charge in [0.2, 0.25) is 0 Å². The van der Waals surface area contributed by atoms with E-state index >= 15 is 0 Å². The van der Waals surface area contributed by atoms with Gasteiger partial charge in [0, 0.05) is 18.4 Å². The van der Waals surface area contributed by atoms with Crippen molar-refractivity contribution in [3.05, 3.63) is 24.3 Å². The highest BCUT2D eigenvalue weighted by Crippen LogP contribution is 2.27. The van der Waals surface area contributed by atoms with Crippen molar-refractivity contribution in [2.24, 2.45) is 0 Å². The van der Waals surface area contributed by atoms with E-state index in [0.717, 1.165) is 5.69 Å². The van der Waals surface area contributed by atoms with E-state index < -0.39 is 6.09 Å². The molecule has 8 heteroatoms. The molecule has 1 N–H and O–H groups in total. The van der Waals surface area contributed by atoms with E-state index in [9.17, 15) is 9.59 Å². The van der Waals surface area contributed by atoms with E-state index in [1.807, 2.05) is 0 Å². The summed E-state index contributed by atoms with van der Waals surface area (Å²) in [5.74, 6) is 0. The lowest BCUT2D eigenvalue weighted by atomic mass is 10.2. The molecule has 2 aliphatic rings. The summed E-state index contributed by atoms with van der Waals surface area (Å²) in [6.07, 6.45) is -0.793. The van der Waals surface area contributed by atoms with Crippen molar-refractivity contribution in [3.8, 4) is 0 Å². The molecule has 3 rings (SSSR count). The van der Waals surface area contributed by atoms with Crippen LogP contribution >= 0.6 is 12.2 Å². The Morgan fingerprint density at radius 3 is 2.45 bits per heavy atom. The lowest BCUT2D eigenvalue weighted by Gasteiger charge is -2.22. The Labute approximate surface area is 132 Å². The zero-order valence-electron chi connectivity index (χ0n) is 11.9. The van der Waals surface area contributed by atoms with Crippen LogP contribution in [0.15, 0.2) is 24.3 Å². The van der Waals surface area contributed by atoms with Gasteiger partial charge in [-0.1, -0.05) is 12.2 Å². The Balaban J connectivity index is 1.83. The minimum atomic E-state index is -0.434. The fraction of sp³-hybridized carbons (Fsp3) is 0.357. The maximum atomic E-state index is 11.9. The van der Waals surface area contributed by atoms with E-state index in [0.29, 0.717) is 23.8 Å². The average Bonchev–Trinajstić information content (AvgIpc) is 3.12. The molecule has 2 saturated heterocycles. The van der Waals surface area contributed by atoms with E-state index in [2.05, 4.69) is 5.32 Å². The van der Waals surface area contributed by atoms with Gasteiger partial charge in [-0.15, -0.1) is 0 Å². The van der Waals surface area contributed by atoms with Crippen LogP contribution in [0.5, 0.6) is 0 Å². The van der Waals surface area contributed by atoms with Crippen LogP contribution in [0.3, 0.4) is 0 Å². The average molecular weight is 321 g/mol. The quantitative estimate of drug-likeness (QED) is 0.851. The van der Waals surface area contributed by atoms with Crippen LogP contribution in [-0.2, 0) is 9.47 Å². The Hall–Kier alpha value is -2.35. The third kappa shape index (κ3) is 2.45. The summed E-state index contributed by atoms with van der Waals surface area (Å²) in [5.41, 5.74) is 1.40. The fourth-order valence-electron chi connectivity index (χ4n) is 2.49. The molecule has 0 radical (unpaired) electrons. The summed E-state index contributed by atoms with van der Waals surface area (Å²) >= 11 is 5.22. The van der Waals surface area contributed by atoms with Gasteiger partial charge >= 0.3 is 12.2 Å². The van der Waals surface area contributed by atoms with E-state index in [1.165, 1.54) is 4.90 Å². The Morgan fingerprint density at radius 1 is 1.18 bits per heavy atom. The largest absolute Gasteiger partial charge is 0.447 e. The number of carbonyl (C=O) groups is 2. The second-order valence-corrected chi connectivity index (χ2v) is 5.30. The number of hydrogen-bond donors (Lipinski definition) is 1. The molecule has 1 aromatic carbocycles. The van der Waals surface area contributed by atoms with Gasteiger partial charge in [0.15, 0.2) is 0 Å². The molecule has 0 bridgehead atoms. The lowest BCUT2D eigenvalue weighted by molar-refractivity contribution is 0.179. The number of anilines is 2. The van der Waals surface area contributed by atoms with Crippen molar-refractivity contribution < 1.29 is 19.1 Å². The first kappa shape index (κ1) is 14.6. The van der Waals surface area contributed by atoms with Crippen LogP contribution in [-0.4, -0.2) is 50.0 Å². The molecule has 7 nitrogen and oxygen atoms in total. The summed E-state index contributed by atoms with van der Waals surface area (Å²) < 4.78 is 9.98. The number of benzene rings is 1.